The molecule has 1 amide bonds. The van der Waals surface area contributed by atoms with E-state index in [-0.39, 0.29) is 11.7 Å². The SMILES string of the molecule is CC(C)c1ccccc1NC(=O)O/N=C/c1ccc2c(c1)nc(-c1ccc(OC(F)(F)F)cc1)n2C. The van der Waals surface area contributed by atoms with Crippen LogP contribution >= 0.6 is 0 Å². The fraction of sp³-hybridized carbons (Fsp3) is 0.192. The van der Waals surface area contributed by atoms with Gasteiger partial charge in [-0.3, -0.25) is 10.2 Å². The van der Waals surface area contributed by atoms with Crippen molar-refractivity contribution in [2.45, 2.75) is 26.1 Å². The molecule has 0 aliphatic carbocycles. The number of nitrogens with zero attached hydrogens (tertiary/aromatic N) is 3. The number of imidazole rings is 1. The first-order valence-electron chi connectivity index (χ1n) is 11.0. The third-order valence-corrected chi connectivity index (χ3v) is 5.41. The van der Waals surface area contributed by atoms with Crippen molar-refractivity contribution in [1.29, 1.82) is 0 Å². The van der Waals surface area contributed by atoms with Gasteiger partial charge in [-0.1, -0.05) is 43.3 Å². The molecule has 1 heterocycles. The summed E-state index contributed by atoms with van der Waals surface area (Å²) < 4.78 is 42.9. The summed E-state index contributed by atoms with van der Waals surface area (Å²) in [6.07, 6.45) is -4.07. The second-order valence-electron chi connectivity index (χ2n) is 8.29. The summed E-state index contributed by atoms with van der Waals surface area (Å²) in [6, 6.07) is 18.3. The number of aromatic nitrogens is 2. The van der Waals surface area contributed by atoms with Crippen LogP contribution in [0.3, 0.4) is 0 Å². The first-order chi connectivity index (χ1) is 17.1. The van der Waals surface area contributed by atoms with Crippen molar-refractivity contribution in [3.05, 3.63) is 77.9 Å². The van der Waals surface area contributed by atoms with E-state index in [0.29, 0.717) is 28.2 Å². The van der Waals surface area contributed by atoms with Crippen molar-refractivity contribution in [2.24, 2.45) is 12.2 Å². The lowest BCUT2D eigenvalue weighted by atomic mass is 10.0. The maximum Gasteiger partial charge on any atom is 0.573 e. The van der Waals surface area contributed by atoms with E-state index in [9.17, 15) is 18.0 Å². The summed E-state index contributed by atoms with van der Waals surface area (Å²) in [5, 5.41) is 6.46. The number of halogens is 3. The number of carbonyl (C=O) groups is 1. The summed E-state index contributed by atoms with van der Waals surface area (Å²) in [7, 11) is 1.81. The minimum absolute atomic E-state index is 0.228. The zero-order valence-electron chi connectivity index (χ0n) is 19.7. The lowest BCUT2D eigenvalue weighted by Crippen LogP contribution is -2.16. The molecule has 0 spiro atoms. The molecule has 0 aliphatic rings. The highest BCUT2D eigenvalue weighted by Crippen LogP contribution is 2.28. The van der Waals surface area contributed by atoms with E-state index in [1.54, 1.807) is 25.2 Å². The predicted molar refractivity (Wildman–Crippen MR) is 131 cm³/mol. The number of nitrogens with one attached hydrogen (secondary N) is 1. The first-order valence-corrected chi connectivity index (χ1v) is 11.0. The monoisotopic (exact) mass is 496 g/mol. The van der Waals surface area contributed by atoms with Crippen molar-refractivity contribution in [1.82, 2.24) is 9.55 Å². The Labute approximate surface area is 205 Å². The normalized spacial score (nSPS) is 11.9. The molecule has 0 radical (unpaired) electrons. The molecule has 0 saturated heterocycles. The molecule has 1 N–H and O–H groups in total. The summed E-state index contributed by atoms with van der Waals surface area (Å²) >= 11 is 0. The molecule has 0 bridgehead atoms. The molecule has 3 aromatic carbocycles. The van der Waals surface area contributed by atoms with Gasteiger partial charge in [-0.15, -0.1) is 13.2 Å². The largest absolute Gasteiger partial charge is 0.573 e. The Bertz CT molecular complexity index is 1410. The van der Waals surface area contributed by atoms with Crippen LogP contribution < -0.4 is 10.1 Å². The van der Waals surface area contributed by atoms with E-state index in [1.807, 2.05) is 42.7 Å². The van der Waals surface area contributed by atoms with Crippen molar-refractivity contribution in [3.8, 4) is 17.1 Å². The van der Waals surface area contributed by atoms with E-state index in [1.165, 1.54) is 30.5 Å². The molecule has 1 aromatic heterocycles. The van der Waals surface area contributed by atoms with Crippen molar-refractivity contribution in [2.75, 3.05) is 5.32 Å². The number of hydrogen-bond acceptors (Lipinski definition) is 5. The highest BCUT2D eigenvalue weighted by molar-refractivity contribution is 5.90. The second kappa shape index (κ2) is 10.1. The number of aryl methyl sites for hydroxylation is 1. The fourth-order valence-corrected chi connectivity index (χ4v) is 3.74. The third-order valence-electron chi connectivity index (χ3n) is 5.41. The van der Waals surface area contributed by atoms with Crippen LogP contribution in [0.2, 0.25) is 0 Å². The Morgan fingerprint density at radius 2 is 1.81 bits per heavy atom. The van der Waals surface area contributed by atoms with Gasteiger partial charge in [0.15, 0.2) is 0 Å². The van der Waals surface area contributed by atoms with Gasteiger partial charge in [0, 0.05) is 18.3 Å². The number of anilines is 1. The molecule has 4 rings (SSSR count). The average Bonchev–Trinajstić information content (AvgIpc) is 3.14. The van der Waals surface area contributed by atoms with Gasteiger partial charge >= 0.3 is 12.5 Å². The highest BCUT2D eigenvalue weighted by Gasteiger charge is 2.31. The molecule has 186 valence electrons. The standard InChI is InChI=1S/C26H23F3N4O3/c1-16(2)20-6-4-5-7-21(20)32-25(34)36-30-15-17-8-13-23-22(14-17)31-24(33(23)3)18-9-11-19(12-10-18)35-26(27,28)29/h4-16H,1-3H3,(H,32,34)/b30-15+. The smallest absolute Gasteiger partial charge is 0.406 e. The third kappa shape index (κ3) is 5.83. The highest BCUT2D eigenvalue weighted by atomic mass is 19.4. The van der Waals surface area contributed by atoms with Gasteiger partial charge in [-0.25, -0.2) is 9.78 Å². The first kappa shape index (κ1) is 24.8. The van der Waals surface area contributed by atoms with E-state index in [0.717, 1.165) is 11.1 Å². The number of amides is 1. The molecule has 0 fully saturated rings. The number of rotatable bonds is 6. The predicted octanol–water partition coefficient (Wildman–Crippen LogP) is 6.84. The molecule has 0 saturated carbocycles. The lowest BCUT2D eigenvalue weighted by molar-refractivity contribution is -0.274. The molecule has 0 aliphatic heterocycles. The Morgan fingerprint density at radius 1 is 1.08 bits per heavy atom. The number of oxime groups is 1. The fourth-order valence-electron chi connectivity index (χ4n) is 3.74. The number of fused-ring (bicyclic) bond motifs is 1. The van der Waals surface area contributed by atoms with Crippen LogP contribution in [-0.4, -0.2) is 28.2 Å². The Balaban J connectivity index is 1.46. The molecule has 4 aromatic rings. The zero-order valence-corrected chi connectivity index (χ0v) is 19.7. The van der Waals surface area contributed by atoms with Crippen LogP contribution in [0.15, 0.2) is 71.9 Å². The average molecular weight is 496 g/mol. The minimum atomic E-state index is -4.75. The van der Waals surface area contributed by atoms with Gasteiger partial charge in [0.1, 0.15) is 11.6 Å². The Morgan fingerprint density at radius 3 is 2.50 bits per heavy atom. The molecule has 0 atom stereocenters. The van der Waals surface area contributed by atoms with E-state index >= 15 is 0 Å². The van der Waals surface area contributed by atoms with Crippen molar-refractivity contribution < 1.29 is 27.5 Å². The number of ether oxygens (including phenoxy) is 1. The van der Waals surface area contributed by atoms with Crippen LogP contribution in [0.1, 0.15) is 30.9 Å². The zero-order chi connectivity index (χ0) is 25.9. The van der Waals surface area contributed by atoms with Crippen LogP contribution in [0.5, 0.6) is 5.75 Å². The number of carbonyl (C=O) groups excluding carboxylic acids is 1. The van der Waals surface area contributed by atoms with Crippen LogP contribution in [0, 0.1) is 0 Å². The van der Waals surface area contributed by atoms with E-state index in [2.05, 4.69) is 20.2 Å². The van der Waals surface area contributed by atoms with Crippen LogP contribution in [0.4, 0.5) is 23.7 Å². The van der Waals surface area contributed by atoms with Crippen LogP contribution in [-0.2, 0) is 11.9 Å². The molecule has 0 unspecified atom stereocenters. The van der Waals surface area contributed by atoms with E-state index < -0.39 is 12.5 Å². The number of para-hydroxylation sites is 1. The Hall–Kier alpha value is -4.34. The summed E-state index contributed by atoms with van der Waals surface area (Å²) in [4.78, 5) is 21.7. The molecular formula is C26H23F3N4O3. The van der Waals surface area contributed by atoms with Crippen molar-refractivity contribution in [3.63, 3.8) is 0 Å². The summed E-state index contributed by atoms with van der Waals surface area (Å²) in [5.74, 6) is 0.489. The van der Waals surface area contributed by atoms with Gasteiger partial charge in [-0.2, -0.15) is 0 Å². The molecular weight excluding hydrogens is 473 g/mol. The maximum atomic E-state index is 12.4. The second-order valence-corrected chi connectivity index (χ2v) is 8.29. The van der Waals surface area contributed by atoms with Gasteiger partial charge < -0.3 is 9.30 Å². The minimum Gasteiger partial charge on any atom is -0.406 e. The van der Waals surface area contributed by atoms with Gasteiger partial charge in [0.25, 0.3) is 0 Å². The molecule has 36 heavy (non-hydrogen) atoms. The topological polar surface area (TPSA) is 77.7 Å². The van der Waals surface area contributed by atoms with Gasteiger partial charge in [0.2, 0.25) is 0 Å². The summed E-state index contributed by atoms with van der Waals surface area (Å²) in [6.45, 7) is 4.06. The maximum absolute atomic E-state index is 12.4. The summed E-state index contributed by atoms with van der Waals surface area (Å²) in [5.41, 5.74) is 4.37. The number of alkyl halides is 3. The number of hydrogen-bond donors (Lipinski definition) is 1. The van der Waals surface area contributed by atoms with Gasteiger partial charge in [0.05, 0.1) is 17.2 Å². The lowest BCUT2D eigenvalue weighted by Gasteiger charge is -2.12. The molecule has 10 heteroatoms. The van der Waals surface area contributed by atoms with Crippen LogP contribution in [0.25, 0.3) is 22.4 Å². The van der Waals surface area contributed by atoms with Gasteiger partial charge in [-0.05, 0) is 59.5 Å². The Kier molecular flexibility index (Phi) is 6.96. The van der Waals surface area contributed by atoms with Crippen molar-refractivity contribution >= 4 is 29.0 Å². The van der Waals surface area contributed by atoms with E-state index in [4.69, 9.17) is 4.84 Å². The molecule has 7 nitrogen and oxygen atoms in total. The number of benzene rings is 3. The quantitative estimate of drug-likeness (QED) is 0.180.